The SMILES string of the molecule is COC(=O)[C@@H](COC(=O)C(Cl)Cl)OC(=O)C(Cl)Cl. The highest BCUT2D eigenvalue weighted by atomic mass is 35.5. The van der Waals surface area contributed by atoms with Gasteiger partial charge in [0.05, 0.1) is 7.11 Å². The van der Waals surface area contributed by atoms with E-state index in [9.17, 15) is 14.4 Å². The van der Waals surface area contributed by atoms with E-state index in [1.165, 1.54) is 0 Å². The van der Waals surface area contributed by atoms with Crippen LogP contribution in [0.4, 0.5) is 0 Å². The van der Waals surface area contributed by atoms with Gasteiger partial charge in [0, 0.05) is 0 Å². The highest BCUT2D eigenvalue weighted by Crippen LogP contribution is 2.09. The van der Waals surface area contributed by atoms with Crippen LogP contribution in [-0.2, 0) is 28.6 Å². The third-order valence-corrected chi connectivity index (χ3v) is 2.17. The van der Waals surface area contributed by atoms with E-state index in [2.05, 4.69) is 14.2 Å². The molecule has 0 radical (unpaired) electrons. The van der Waals surface area contributed by atoms with Gasteiger partial charge in [-0.15, -0.1) is 0 Å². The predicted octanol–water partition coefficient (Wildman–Crippen LogP) is 1.22. The Kier molecular flexibility index (Phi) is 8.43. The molecule has 0 aliphatic carbocycles. The molecule has 0 spiro atoms. The number of ether oxygens (including phenoxy) is 3. The van der Waals surface area contributed by atoms with Crippen LogP contribution in [0.25, 0.3) is 0 Å². The van der Waals surface area contributed by atoms with E-state index in [4.69, 9.17) is 46.4 Å². The molecule has 6 nitrogen and oxygen atoms in total. The molecule has 0 N–H and O–H groups in total. The van der Waals surface area contributed by atoms with Gasteiger partial charge in [-0.05, 0) is 0 Å². The van der Waals surface area contributed by atoms with Crippen molar-refractivity contribution in [2.45, 2.75) is 15.8 Å². The van der Waals surface area contributed by atoms with Crippen molar-refractivity contribution in [1.29, 1.82) is 0 Å². The zero-order chi connectivity index (χ0) is 14.3. The van der Waals surface area contributed by atoms with Crippen molar-refractivity contribution in [2.75, 3.05) is 13.7 Å². The fourth-order valence-electron chi connectivity index (χ4n) is 0.694. The van der Waals surface area contributed by atoms with Gasteiger partial charge in [0.2, 0.25) is 15.8 Å². The van der Waals surface area contributed by atoms with Crippen LogP contribution in [0.3, 0.4) is 0 Å². The molecule has 1 atom stereocenters. The summed E-state index contributed by atoms with van der Waals surface area (Å²) in [5.41, 5.74) is 0. The van der Waals surface area contributed by atoms with Gasteiger partial charge >= 0.3 is 17.9 Å². The van der Waals surface area contributed by atoms with E-state index >= 15 is 0 Å². The zero-order valence-electron chi connectivity index (χ0n) is 8.90. The van der Waals surface area contributed by atoms with Gasteiger partial charge < -0.3 is 14.2 Å². The van der Waals surface area contributed by atoms with Crippen molar-refractivity contribution in [3.63, 3.8) is 0 Å². The van der Waals surface area contributed by atoms with Gasteiger partial charge in [0.1, 0.15) is 6.61 Å². The first-order valence-corrected chi connectivity index (χ1v) is 6.05. The van der Waals surface area contributed by atoms with Gasteiger partial charge in [-0.25, -0.2) is 14.4 Å². The van der Waals surface area contributed by atoms with Crippen LogP contribution < -0.4 is 0 Å². The number of methoxy groups -OCH3 is 1. The van der Waals surface area contributed by atoms with Crippen LogP contribution in [0, 0.1) is 0 Å². The first-order chi connectivity index (χ1) is 8.29. The Morgan fingerprint density at radius 1 is 0.944 bits per heavy atom. The number of hydrogen-bond acceptors (Lipinski definition) is 6. The van der Waals surface area contributed by atoms with Gasteiger partial charge in [-0.1, -0.05) is 46.4 Å². The lowest BCUT2D eigenvalue weighted by molar-refractivity contribution is -0.171. The van der Waals surface area contributed by atoms with Crippen LogP contribution in [0.5, 0.6) is 0 Å². The molecule has 0 rings (SSSR count). The number of carbonyl (C=O) groups excluding carboxylic acids is 3. The minimum Gasteiger partial charge on any atom is -0.466 e. The Morgan fingerprint density at radius 2 is 1.44 bits per heavy atom. The maximum atomic E-state index is 11.2. The molecule has 0 aliphatic rings. The van der Waals surface area contributed by atoms with Gasteiger partial charge in [-0.3, -0.25) is 0 Å². The highest BCUT2D eigenvalue weighted by Gasteiger charge is 2.28. The summed E-state index contributed by atoms with van der Waals surface area (Å²) in [4.78, 5) is 30.3. The minimum absolute atomic E-state index is 0.617. The van der Waals surface area contributed by atoms with Gasteiger partial charge in [-0.2, -0.15) is 0 Å². The van der Waals surface area contributed by atoms with Crippen molar-refractivity contribution in [3.05, 3.63) is 0 Å². The van der Waals surface area contributed by atoms with Crippen molar-refractivity contribution < 1.29 is 28.6 Å². The molecule has 0 aliphatic heterocycles. The number of alkyl halides is 4. The Balaban J connectivity index is 4.46. The molecule has 0 fully saturated rings. The van der Waals surface area contributed by atoms with E-state index in [-0.39, 0.29) is 0 Å². The van der Waals surface area contributed by atoms with Crippen molar-refractivity contribution in [3.8, 4) is 0 Å². The molecule has 0 saturated heterocycles. The summed E-state index contributed by atoms with van der Waals surface area (Å²) in [5.74, 6) is -3.04. The number of rotatable bonds is 6. The van der Waals surface area contributed by atoms with E-state index in [1.54, 1.807) is 0 Å². The second-order valence-corrected chi connectivity index (χ2v) is 4.87. The fourth-order valence-corrected chi connectivity index (χ4v) is 0.923. The molecule has 18 heavy (non-hydrogen) atoms. The molecule has 0 bridgehead atoms. The topological polar surface area (TPSA) is 78.9 Å². The summed E-state index contributed by atoms with van der Waals surface area (Å²) in [6, 6.07) is 0. The minimum atomic E-state index is -1.50. The molecule has 0 amide bonds. The highest BCUT2D eigenvalue weighted by molar-refractivity contribution is 6.53. The molecule has 0 heterocycles. The summed E-state index contributed by atoms with van der Waals surface area (Å²) in [6.07, 6.45) is -1.50. The summed E-state index contributed by atoms with van der Waals surface area (Å²) >= 11 is 20.9. The molecule has 10 heteroatoms. The maximum Gasteiger partial charge on any atom is 0.350 e. The van der Waals surface area contributed by atoms with Crippen LogP contribution in [0.2, 0.25) is 0 Å². The number of halogens is 4. The lowest BCUT2D eigenvalue weighted by Crippen LogP contribution is -2.35. The third-order valence-electron chi connectivity index (χ3n) is 1.46. The molecule has 0 aromatic carbocycles. The average Bonchev–Trinajstić information content (AvgIpc) is 2.32. The normalized spacial score (nSPS) is 12.2. The Labute approximate surface area is 122 Å². The van der Waals surface area contributed by atoms with E-state index in [1.807, 2.05) is 0 Å². The first-order valence-electron chi connectivity index (χ1n) is 4.30. The summed E-state index contributed by atoms with van der Waals surface area (Å²) < 4.78 is 13.4. The quantitative estimate of drug-likeness (QED) is 0.410. The van der Waals surface area contributed by atoms with Crippen molar-refractivity contribution >= 4 is 64.3 Å². The summed E-state index contributed by atoms with van der Waals surface area (Å²) in [5, 5.41) is 0. The zero-order valence-corrected chi connectivity index (χ0v) is 11.9. The molecule has 104 valence electrons. The Morgan fingerprint density at radius 3 is 1.83 bits per heavy atom. The number of esters is 3. The fraction of sp³-hybridized carbons (Fsp3) is 0.625. The molecule has 0 unspecified atom stereocenters. The molecule has 0 saturated carbocycles. The average molecular weight is 342 g/mol. The van der Waals surface area contributed by atoms with Crippen molar-refractivity contribution in [1.82, 2.24) is 0 Å². The molecular formula is C8H8Cl4O6. The monoisotopic (exact) mass is 340 g/mol. The Bertz CT molecular complexity index is 319. The van der Waals surface area contributed by atoms with E-state index in [0.29, 0.717) is 0 Å². The van der Waals surface area contributed by atoms with E-state index in [0.717, 1.165) is 7.11 Å². The second kappa shape index (κ2) is 8.63. The lowest BCUT2D eigenvalue weighted by atomic mass is 10.4. The van der Waals surface area contributed by atoms with E-state index < -0.39 is 40.3 Å². The maximum absolute atomic E-state index is 11.2. The lowest BCUT2D eigenvalue weighted by Gasteiger charge is -2.16. The first kappa shape index (κ1) is 17.6. The van der Waals surface area contributed by atoms with Crippen LogP contribution in [0.15, 0.2) is 0 Å². The number of carbonyl (C=O) groups is 3. The third kappa shape index (κ3) is 6.49. The summed E-state index contributed by atoms with van der Waals surface area (Å²) in [7, 11) is 1.05. The van der Waals surface area contributed by atoms with Gasteiger partial charge in [0.25, 0.3) is 0 Å². The molecule has 0 aromatic rings. The van der Waals surface area contributed by atoms with Crippen LogP contribution >= 0.6 is 46.4 Å². The van der Waals surface area contributed by atoms with Crippen LogP contribution in [0.1, 0.15) is 0 Å². The smallest absolute Gasteiger partial charge is 0.350 e. The molecule has 0 aromatic heterocycles. The largest absolute Gasteiger partial charge is 0.466 e. The number of hydrogen-bond donors (Lipinski definition) is 0. The standard InChI is InChI=1S/C8H8Cl4O6/c1-16-6(13)3(18-8(15)5(11)12)2-17-7(14)4(9)10/h3-5H,2H2,1H3/t3-/m1/s1. The Hall–Kier alpha value is -0.430. The van der Waals surface area contributed by atoms with Crippen LogP contribution in [-0.4, -0.2) is 47.4 Å². The predicted molar refractivity (Wildman–Crippen MR) is 63.8 cm³/mol. The molecular weight excluding hydrogens is 334 g/mol. The second-order valence-electron chi connectivity index (χ2n) is 2.68. The summed E-state index contributed by atoms with van der Waals surface area (Å²) in [6.45, 7) is -0.617. The van der Waals surface area contributed by atoms with Crippen molar-refractivity contribution in [2.24, 2.45) is 0 Å². The van der Waals surface area contributed by atoms with Gasteiger partial charge in [0.15, 0.2) is 0 Å².